The van der Waals surface area contributed by atoms with Crippen LogP contribution in [-0.4, -0.2) is 60.4 Å². The minimum atomic E-state index is -4.84. The maximum absolute atomic E-state index is 15.0. The molecule has 0 aliphatic carbocycles. The van der Waals surface area contributed by atoms with Crippen LogP contribution in [0.15, 0.2) is 90.2 Å². The average Bonchev–Trinajstić information content (AvgIpc) is 3.21. The zero-order chi connectivity index (χ0) is 41.4. The Labute approximate surface area is 336 Å². The molecule has 6 aromatic rings. The number of nitrogens with zero attached hydrogens (tertiary/aromatic N) is 4. The van der Waals surface area contributed by atoms with Crippen molar-refractivity contribution in [3.8, 4) is 34.3 Å². The van der Waals surface area contributed by atoms with Crippen LogP contribution in [0.4, 0.5) is 23.8 Å². The number of amides is 1. The Morgan fingerprint density at radius 3 is 2.17 bits per heavy atom. The summed E-state index contributed by atoms with van der Waals surface area (Å²) >= 11 is 6.97. The van der Waals surface area contributed by atoms with Crippen molar-refractivity contribution in [1.82, 2.24) is 30.6 Å². The highest BCUT2D eigenvalue weighted by atomic mass is 35.5. The fraction of sp³-hybridized carbons (Fsp3) is 0.244. The Bertz CT molecular complexity index is 2400. The molecular formula is C41H39ClF3N7O6. The molecule has 0 saturated carbocycles. The molecule has 3 aromatic heterocycles. The summed E-state index contributed by atoms with van der Waals surface area (Å²) < 4.78 is 67.0. The van der Waals surface area contributed by atoms with Gasteiger partial charge in [0.2, 0.25) is 0 Å². The Balaban J connectivity index is 1.37. The summed E-state index contributed by atoms with van der Waals surface area (Å²) in [5.41, 5.74) is 0.182. The van der Waals surface area contributed by atoms with Gasteiger partial charge in [0.25, 0.3) is 5.56 Å². The van der Waals surface area contributed by atoms with Gasteiger partial charge < -0.3 is 39.5 Å². The predicted molar refractivity (Wildman–Crippen MR) is 213 cm³/mol. The molecule has 302 valence electrons. The Hall–Kier alpha value is -6.39. The van der Waals surface area contributed by atoms with Gasteiger partial charge in [-0.25, -0.2) is 14.8 Å². The number of H-pyrrole nitrogens is 1. The molecule has 58 heavy (non-hydrogen) atoms. The van der Waals surface area contributed by atoms with Crippen LogP contribution in [0.2, 0.25) is 5.02 Å². The summed E-state index contributed by atoms with van der Waals surface area (Å²) in [5.74, 6) is 1.64. The van der Waals surface area contributed by atoms with E-state index in [4.69, 9.17) is 30.5 Å². The number of ether oxygens (including phenoxy) is 4. The van der Waals surface area contributed by atoms with Crippen LogP contribution in [0.5, 0.6) is 23.0 Å². The Morgan fingerprint density at radius 1 is 0.914 bits per heavy atom. The van der Waals surface area contributed by atoms with Gasteiger partial charge in [-0.05, 0) is 71.6 Å². The summed E-state index contributed by atoms with van der Waals surface area (Å²) in [6.45, 7) is 2.38. The number of halogens is 4. The first-order valence-electron chi connectivity index (χ1n) is 17.9. The molecule has 0 aliphatic heterocycles. The van der Waals surface area contributed by atoms with Crippen molar-refractivity contribution >= 4 is 34.4 Å². The van der Waals surface area contributed by atoms with Gasteiger partial charge in [-0.3, -0.25) is 9.78 Å². The van der Waals surface area contributed by atoms with Crippen LogP contribution in [0, 0.1) is 6.92 Å². The van der Waals surface area contributed by atoms with Gasteiger partial charge in [0, 0.05) is 45.0 Å². The molecule has 3 aromatic carbocycles. The molecule has 0 aliphatic rings. The van der Waals surface area contributed by atoms with Gasteiger partial charge in [-0.15, -0.1) is 0 Å². The molecule has 0 saturated heterocycles. The highest BCUT2D eigenvalue weighted by Gasteiger charge is 2.38. The molecule has 0 fully saturated rings. The van der Waals surface area contributed by atoms with Gasteiger partial charge in [0.05, 0.1) is 48.5 Å². The monoisotopic (exact) mass is 817 g/mol. The third kappa shape index (κ3) is 9.76. The van der Waals surface area contributed by atoms with Crippen LogP contribution >= 0.6 is 11.6 Å². The molecule has 0 spiro atoms. The third-order valence-electron chi connectivity index (χ3n) is 9.00. The van der Waals surface area contributed by atoms with E-state index in [0.29, 0.717) is 23.6 Å². The van der Waals surface area contributed by atoms with Gasteiger partial charge in [0.15, 0.2) is 11.5 Å². The molecule has 0 bridgehead atoms. The maximum Gasteiger partial charge on any atom is 0.418 e. The minimum absolute atomic E-state index is 0.0402. The normalized spacial score (nSPS) is 11.3. The lowest BCUT2D eigenvalue weighted by molar-refractivity contribution is -0.137. The zero-order valence-corrected chi connectivity index (χ0v) is 32.6. The molecule has 0 unspecified atom stereocenters. The van der Waals surface area contributed by atoms with Crippen molar-refractivity contribution in [3.63, 3.8) is 0 Å². The first kappa shape index (κ1) is 41.2. The fourth-order valence-corrected chi connectivity index (χ4v) is 6.50. The SMILES string of the molecule is CNC(=O)Oc1cncc(CNCCOc2c(Cl)c(-c3nc(N(Cc4ccc(OC)cc4)Cc4ccc(OC)cc4)cc(C)c3C(F)(F)F)cc3nc[nH]c(=O)c23)c1. The number of benzene rings is 3. The highest BCUT2D eigenvalue weighted by molar-refractivity contribution is 6.36. The summed E-state index contributed by atoms with van der Waals surface area (Å²) in [7, 11) is 4.56. The number of hydrogen-bond donors (Lipinski definition) is 3. The summed E-state index contributed by atoms with van der Waals surface area (Å²) in [6, 6.07) is 19.0. The van der Waals surface area contributed by atoms with Crippen molar-refractivity contribution in [2.45, 2.75) is 32.7 Å². The van der Waals surface area contributed by atoms with E-state index in [1.165, 1.54) is 32.3 Å². The number of methoxy groups -OCH3 is 2. The third-order valence-corrected chi connectivity index (χ3v) is 9.37. The summed E-state index contributed by atoms with van der Waals surface area (Å²) in [6.07, 6.45) is -1.36. The second-order valence-corrected chi connectivity index (χ2v) is 13.3. The van der Waals surface area contributed by atoms with Gasteiger partial charge >= 0.3 is 12.3 Å². The molecule has 3 heterocycles. The number of aryl methyl sites for hydroxylation is 1. The van der Waals surface area contributed by atoms with Crippen LogP contribution in [-0.2, 0) is 25.8 Å². The largest absolute Gasteiger partial charge is 0.497 e. The maximum atomic E-state index is 15.0. The van der Waals surface area contributed by atoms with Gasteiger partial charge in [-0.1, -0.05) is 35.9 Å². The Morgan fingerprint density at radius 2 is 1.57 bits per heavy atom. The van der Waals surface area contributed by atoms with Gasteiger partial charge in [0.1, 0.15) is 29.3 Å². The topological polar surface area (TPSA) is 153 Å². The lowest BCUT2D eigenvalue weighted by Crippen LogP contribution is -2.24. The minimum Gasteiger partial charge on any atom is -0.497 e. The van der Waals surface area contributed by atoms with Crippen molar-refractivity contribution in [3.05, 3.63) is 129 Å². The summed E-state index contributed by atoms with van der Waals surface area (Å²) in [5, 5.41) is 5.23. The zero-order valence-electron chi connectivity index (χ0n) is 31.9. The number of carbonyl (C=O) groups excluding carboxylic acids is 1. The highest BCUT2D eigenvalue weighted by Crippen LogP contribution is 2.46. The molecular weight excluding hydrogens is 779 g/mol. The quantitative estimate of drug-likeness (QED) is 0.0885. The standard InChI is InChI=1S/C41H39ClF3N7O6/c1-24-15-33(52(21-25-5-9-28(55-3)10-6-25)22-26-7-11-29(56-4)12-8-26)51-37(35(24)41(43,44)45)31-17-32-34(39(53)50-23-49-32)38(36(31)42)57-14-13-47-18-27-16-30(20-48-19-27)58-40(54)46-2/h5-12,15-17,19-20,23,47H,13-14,18,21-22H2,1-4H3,(H,46,54)(H,49,50,53). The van der Waals surface area contributed by atoms with Crippen LogP contribution in [0.25, 0.3) is 22.2 Å². The molecule has 0 atom stereocenters. The van der Waals surface area contributed by atoms with Crippen molar-refractivity contribution in [1.29, 1.82) is 0 Å². The lowest BCUT2D eigenvalue weighted by atomic mass is 9.99. The number of aromatic nitrogens is 4. The van der Waals surface area contributed by atoms with E-state index < -0.39 is 29.1 Å². The van der Waals surface area contributed by atoms with Crippen molar-refractivity contribution in [2.75, 3.05) is 39.3 Å². The van der Waals surface area contributed by atoms with E-state index in [2.05, 4.69) is 30.6 Å². The first-order chi connectivity index (χ1) is 27.9. The second kappa shape index (κ2) is 18.3. The number of nitrogens with one attached hydrogen (secondary N) is 3. The number of rotatable bonds is 15. The molecule has 3 N–H and O–H groups in total. The van der Waals surface area contributed by atoms with E-state index in [0.717, 1.165) is 17.5 Å². The van der Waals surface area contributed by atoms with E-state index in [-0.39, 0.29) is 70.6 Å². The molecule has 6 rings (SSSR count). The number of fused-ring (bicyclic) bond motifs is 1. The number of carbonyl (C=O) groups is 1. The number of pyridine rings is 2. The number of aromatic amines is 1. The smallest absolute Gasteiger partial charge is 0.418 e. The summed E-state index contributed by atoms with van der Waals surface area (Å²) in [4.78, 5) is 42.1. The van der Waals surface area contributed by atoms with E-state index in [1.807, 2.05) is 29.2 Å². The molecule has 0 radical (unpaired) electrons. The molecule has 17 heteroatoms. The van der Waals surface area contributed by atoms with Gasteiger partial charge in [-0.2, -0.15) is 13.2 Å². The van der Waals surface area contributed by atoms with Crippen LogP contribution in [0.3, 0.4) is 0 Å². The fourth-order valence-electron chi connectivity index (χ4n) is 6.21. The second-order valence-electron chi connectivity index (χ2n) is 13.0. The number of alkyl halides is 3. The molecule has 1 amide bonds. The van der Waals surface area contributed by atoms with Crippen LogP contribution < -0.4 is 40.0 Å². The van der Waals surface area contributed by atoms with E-state index >= 15 is 13.2 Å². The molecule has 13 nitrogen and oxygen atoms in total. The first-order valence-corrected chi connectivity index (χ1v) is 18.2. The van der Waals surface area contributed by atoms with Crippen molar-refractivity contribution < 1.29 is 36.9 Å². The number of anilines is 1. The van der Waals surface area contributed by atoms with E-state index in [1.54, 1.807) is 50.7 Å². The Kier molecular flexibility index (Phi) is 13.0. The van der Waals surface area contributed by atoms with Crippen molar-refractivity contribution in [2.24, 2.45) is 0 Å². The number of hydrogen-bond acceptors (Lipinski definition) is 11. The van der Waals surface area contributed by atoms with Crippen LogP contribution in [0.1, 0.15) is 27.8 Å². The predicted octanol–water partition coefficient (Wildman–Crippen LogP) is 7.47. The van der Waals surface area contributed by atoms with E-state index in [9.17, 15) is 9.59 Å². The average molecular weight is 818 g/mol. The lowest BCUT2D eigenvalue weighted by Gasteiger charge is -2.27.